The summed E-state index contributed by atoms with van der Waals surface area (Å²) in [5.41, 5.74) is 1.63. The van der Waals surface area contributed by atoms with E-state index >= 15 is 0 Å². The van der Waals surface area contributed by atoms with E-state index in [1.54, 1.807) is 18.2 Å². The molecule has 7 nitrogen and oxygen atoms in total. The van der Waals surface area contributed by atoms with Gasteiger partial charge in [-0.3, -0.25) is 14.8 Å². The molecule has 0 fully saturated rings. The van der Waals surface area contributed by atoms with Crippen LogP contribution in [0.15, 0.2) is 95.9 Å². The molecule has 0 amide bonds. The Kier molecular flexibility index (Phi) is 5.86. The minimum atomic E-state index is -0.428. The lowest BCUT2D eigenvalue weighted by atomic mass is 10.1. The normalized spacial score (nSPS) is 10.4. The molecule has 0 saturated heterocycles. The number of nitrogens with zero attached hydrogens (tertiary/aromatic N) is 3. The minimum Gasteiger partial charge on any atom is -0.439 e. The molecule has 1 N–H and O–H groups in total. The van der Waals surface area contributed by atoms with Crippen LogP contribution >= 0.6 is 11.9 Å². The van der Waals surface area contributed by atoms with Gasteiger partial charge in [-0.25, -0.2) is 4.98 Å². The monoisotopic (exact) mass is 416 g/mol. The molecule has 148 valence electrons. The van der Waals surface area contributed by atoms with E-state index < -0.39 is 4.92 Å². The Balaban J connectivity index is 1.62. The average Bonchev–Trinajstić information content (AvgIpc) is 2.79. The molecule has 1 aromatic heterocycles. The molecule has 0 aliphatic carbocycles. The lowest BCUT2D eigenvalue weighted by molar-refractivity contribution is -0.385. The van der Waals surface area contributed by atoms with Crippen LogP contribution in [0, 0.1) is 10.1 Å². The van der Waals surface area contributed by atoms with Crippen molar-refractivity contribution in [3.8, 4) is 22.9 Å². The third-order valence-corrected chi connectivity index (χ3v) is 4.80. The fourth-order valence-corrected chi connectivity index (χ4v) is 3.28. The summed E-state index contributed by atoms with van der Waals surface area (Å²) in [5.74, 6) is 1.38. The second-order valence-corrected chi connectivity index (χ2v) is 7.03. The molecule has 0 saturated carbocycles. The van der Waals surface area contributed by atoms with Gasteiger partial charge in [-0.05, 0) is 30.1 Å². The van der Waals surface area contributed by atoms with Crippen molar-refractivity contribution in [3.05, 3.63) is 101 Å². The lowest BCUT2D eigenvalue weighted by Crippen LogP contribution is -1.99. The summed E-state index contributed by atoms with van der Waals surface area (Å²) in [7, 11) is 0. The molecule has 4 aromatic rings. The first-order chi connectivity index (χ1) is 14.7. The SMILES string of the molecule is O=[N+]([O-])c1cccc(SNc2nc(Oc3ccccc3)cc(-c3ccccc3)n2)c1. The van der Waals surface area contributed by atoms with Crippen molar-refractivity contribution in [2.75, 3.05) is 4.72 Å². The van der Waals surface area contributed by atoms with E-state index in [0.717, 1.165) is 5.56 Å². The first-order valence-corrected chi connectivity index (χ1v) is 9.84. The second-order valence-electron chi connectivity index (χ2n) is 6.15. The van der Waals surface area contributed by atoms with Gasteiger partial charge >= 0.3 is 0 Å². The third kappa shape index (κ3) is 4.92. The molecule has 0 atom stereocenters. The van der Waals surface area contributed by atoms with Gasteiger partial charge in [0.2, 0.25) is 11.8 Å². The van der Waals surface area contributed by atoms with Crippen molar-refractivity contribution in [2.45, 2.75) is 4.90 Å². The molecule has 0 aliphatic heterocycles. The molecule has 0 aliphatic rings. The number of hydrogen-bond acceptors (Lipinski definition) is 7. The zero-order chi connectivity index (χ0) is 20.8. The van der Waals surface area contributed by atoms with Crippen LogP contribution in [0.25, 0.3) is 11.3 Å². The van der Waals surface area contributed by atoms with Gasteiger partial charge < -0.3 is 4.74 Å². The standard InChI is InChI=1S/C22H16N4O3S/c27-26(28)17-10-7-13-19(14-17)30-25-22-23-20(16-8-3-1-4-9-16)15-21(24-22)29-18-11-5-2-6-12-18/h1-15H,(H,23,24,25). The number of rotatable bonds is 7. The Bertz CT molecular complexity index is 1160. The minimum absolute atomic E-state index is 0.0221. The smallest absolute Gasteiger partial charge is 0.270 e. The van der Waals surface area contributed by atoms with Crippen molar-refractivity contribution in [3.63, 3.8) is 0 Å². The maximum absolute atomic E-state index is 11.0. The predicted molar refractivity (Wildman–Crippen MR) is 117 cm³/mol. The van der Waals surface area contributed by atoms with Crippen molar-refractivity contribution < 1.29 is 9.66 Å². The van der Waals surface area contributed by atoms with E-state index in [2.05, 4.69) is 14.7 Å². The van der Waals surface area contributed by atoms with Gasteiger partial charge in [0.25, 0.3) is 5.69 Å². The van der Waals surface area contributed by atoms with Crippen LogP contribution in [0.3, 0.4) is 0 Å². The van der Waals surface area contributed by atoms with Crippen LogP contribution in [-0.4, -0.2) is 14.9 Å². The number of aromatic nitrogens is 2. The van der Waals surface area contributed by atoms with Gasteiger partial charge in [-0.2, -0.15) is 4.98 Å². The Labute approximate surface area is 177 Å². The number of nitro benzene ring substituents is 1. The molecule has 1 heterocycles. The molecule has 4 rings (SSSR count). The highest BCUT2D eigenvalue weighted by atomic mass is 32.2. The number of non-ortho nitro benzene ring substituents is 1. The van der Waals surface area contributed by atoms with Crippen LogP contribution in [0.4, 0.5) is 11.6 Å². The van der Waals surface area contributed by atoms with Crippen molar-refractivity contribution >= 4 is 23.6 Å². The first-order valence-electron chi connectivity index (χ1n) is 9.02. The number of ether oxygens (including phenoxy) is 1. The Morgan fingerprint density at radius 3 is 2.33 bits per heavy atom. The molecule has 3 aromatic carbocycles. The van der Waals surface area contributed by atoms with Crippen LogP contribution in [0.1, 0.15) is 0 Å². The number of nitro groups is 1. The number of benzene rings is 3. The van der Waals surface area contributed by atoms with Crippen LogP contribution in [0.2, 0.25) is 0 Å². The summed E-state index contributed by atoms with van der Waals surface area (Å²) in [6.07, 6.45) is 0. The molecule has 0 radical (unpaired) electrons. The van der Waals surface area contributed by atoms with E-state index in [1.165, 1.54) is 24.1 Å². The van der Waals surface area contributed by atoms with Gasteiger partial charge in [0.05, 0.1) is 10.6 Å². The topological polar surface area (TPSA) is 90.2 Å². The lowest BCUT2D eigenvalue weighted by Gasteiger charge is -2.10. The maximum Gasteiger partial charge on any atom is 0.270 e. The summed E-state index contributed by atoms with van der Waals surface area (Å²) >= 11 is 1.19. The first kappa shape index (κ1) is 19.4. The molecule has 0 spiro atoms. The number of anilines is 1. The fourth-order valence-electron chi connectivity index (χ4n) is 2.65. The Morgan fingerprint density at radius 2 is 1.60 bits per heavy atom. The maximum atomic E-state index is 11.0. The van der Waals surface area contributed by atoms with Crippen LogP contribution < -0.4 is 9.46 Å². The molecule has 8 heteroatoms. The molecule has 30 heavy (non-hydrogen) atoms. The Hall–Kier alpha value is -3.91. The van der Waals surface area contributed by atoms with E-state index in [0.29, 0.717) is 28.2 Å². The fraction of sp³-hybridized carbons (Fsp3) is 0. The Morgan fingerprint density at radius 1 is 0.867 bits per heavy atom. The molecule has 0 bridgehead atoms. The summed E-state index contributed by atoms with van der Waals surface area (Å²) in [6.45, 7) is 0. The summed E-state index contributed by atoms with van der Waals surface area (Å²) in [5, 5.41) is 11.0. The summed E-state index contributed by atoms with van der Waals surface area (Å²) < 4.78 is 8.95. The molecular formula is C22H16N4O3S. The van der Waals surface area contributed by atoms with Crippen molar-refractivity contribution in [1.82, 2.24) is 9.97 Å². The van der Waals surface area contributed by atoms with Crippen LogP contribution in [0.5, 0.6) is 11.6 Å². The van der Waals surface area contributed by atoms with E-state index in [9.17, 15) is 10.1 Å². The highest BCUT2D eigenvalue weighted by molar-refractivity contribution is 8.00. The highest BCUT2D eigenvalue weighted by Gasteiger charge is 2.11. The van der Waals surface area contributed by atoms with Gasteiger partial charge in [0.15, 0.2) is 0 Å². The largest absolute Gasteiger partial charge is 0.439 e. The van der Waals surface area contributed by atoms with Crippen LogP contribution in [-0.2, 0) is 0 Å². The summed E-state index contributed by atoms with van der Waals surface area (Å²) in [4.78, 5) is 20.2. The molecular weight excluding hydrogens is 400 g/mol. The highest BCUT2D eigenvalue weighted by Crippen LogP contribution is 2.28. The van der Waals surface area contributed by atoms with E-state index in [-0.39, 0.29) is 5.69 Å². The molecule has 0 unspecified atom stereocenters. The average molecular weight is 416 g/mol. The summed E-state index contributed by atoms with van der Waals surface area (Å²) in [6, 6.07) is 27.2. The zero-order valence-electron chi connectivity index (χ0n) is 15.6. The van der Waals surface area contributed by atoms with Gasteiger partial charge in [-0.15, -0.1) is 0 Å². The zero-order valence-corrected chi connectivity index (χ0v) is 16.5. The van der Waals surface area contributed by atoms with E-state index in [4.69, 9.17) is 4.74 Å². The van der Waals surface area contributed by atoms with E-state index in [1.807, 2.05) is 60.7 Å². The van der Waals surface area contributed by atoms with Gasteiger partial charge in [0.1, 0.15) is 5.75 Å². The number of nitrogens with one attached hydrogen (secondary N) is 1. The van der Waals surface area contributed by atoms with Gasteiger partial charge in [-0.1, -0.05) is 54.6 Å². The predicted octanol–water partition coefficient (Wildman–Crippen LogP) is 5.96. The van der Waals surface area contributed by atoms with Crippen molar-refractivity contribution in [1.29, 1.82) is 0 Å². The van der Waals surface area contributed by atoms with Gasteiger partial charge in [0, 0.05) is 28.7 Å². The quantitative estimate of drug-likeness (QED) is 0.226. The number of hydrogen-bond donors (Lipinski definition) is 1. The van der Waals surface area contributed by atoms with Crippen molar-refractivity contribution in [2.24, 2.45) is 0 Å². The number of para-hydroxylation sites is 1. The third-order valence-electron chi connectivity index (χ3n) is 4.03. The second kappa shape index (κ2) is 9.06.